The number of aryl methyl sites for hydroxylation is 1. The van der Waals surface area contributed by atoms with Crippen molar-refractivity contribution in [2.45, 2.75) is 25.2 Å². The molecule has 108 valence electrons. The summed E-state index contributed by atoms with van der Waals surface area (Å²) in [6.45, 7) is 0.726. The smallest absolute Gasteiger partial charge is 0.119 e. The first-order valence-corrected chi connectivity index (χ1v) is 7.75. The Morgan fingerprint density at radius 1 is 1.14 bits per heavy atom. The summed E-state index contributed by atoms with van der Waals surface area (Å²) in [4.78, 5) is 0.419. The van der Waals surface area contributed by atoms with Gasteiger partial charge in [-0.15, -0.1) is 0 Å². The van der Waals surface area contributed by atoms with E-state index in [1.54, 1.807) is 0 Å². The maximum Gasteiger partial charge on any atom is 0.119 e. The van der Waals surface area contributed by atoms with Gasteiger partial charge in [0, 0.05) is 11.5 Å². The second-order valence-corrected chi connectivity index (χ2v) is 5.93. The number of fused-ring (bicyclic) bond motifs is 1. The van der Waals surface area contributed by atoms with E-state index in [2.05, 4.69) is 24.3 Å². The largest absolute Gasteiger partial charge is 0.493 e. The first-order valence-electron chi connectivity index (χ1n) is 7.34. The first kappa shape index (κ1) is 14.1. The molecule has 1 aliphatic carbocycles. The van der Waals surface area contributed by atoms with Crippen LogP contribution in [0.3, 0.4) is 0 Å². The SMILES string of the molecule is NC(=S)c1ccc(OCC2CCCc3ccccc32)cc1. The molecule has 0 spiro atoms. The van der Waals surface area contributed by atoms with Crippen LogP contribution >= 0.6 is 12.2 Å². The standard InChI is InChI=1S/C18H19NOS/c19-18(21)14-8-10-16(11-9-14)20-12-15-6-3-5-13-4-1-2-7-17(13)15/h1-2,4,7-11,15H,3,5-6,12H2,(H2,19,21). The van der Waals surface area contributed by atoms with Gasteiger partial charge in [0.1, 0.15) is 10.7 Å². The summed E-state index contributed by atoms with van der Waals surface area (Å²) in [6.07, 6.45) is 3.63. The molecule has 2 aromatic carbocycles. The molecule has 3 rings (SSSR count). The summed E-state index contributed by atoms with van der Waals surface area (Å²) in [5.74, 6) is 1.36. The molecule has 21 heavy (non-hydrogen) atoms. The van der Waals surface area contributed by atoms with E-state index in [-0.39, 0.29) is 0 Å². The molecule has 0 aromatic heterocycles. The minimum absolute atomic E-state index is 0.419. The fraction of sp³-hybridized carbons (Fsp3) is 0.278. The molecule has 2 N–H and O–H groups in total. The van der Waals surface area contributed by atoms with E-state index in [1.165, 1.54) is 30.4 Å². The average Bonchev–Trinajstić information content (AvgIpc) is 2.53. The monoisotopic (exact) mass is 297 g/mol. The van der Waals surface area contributed by atoms with Crippen LogP contribution in [-0.4, -0.2) is 11.6 Å². The molecule has 0 aliphatic heterocycles. The van der Waals surface area contributed by atoms with Crippen molar-refractivity contribution in [2.75, 3.05) is 6.61 Å². The fourth-order valence-electron chi connectivity index (χ4n) is 2.94. The van der Waals surface area contributed by atoms with E-state index in [0.29, 0.717) is 10.9 Å². The molecule has 1 aliphatic rings. The molecular formula is C18H19NOS. The van der Waals surface area contributed by atoms with Gasteiger partial charge < -0.3 is 10.5 Å². The quantitative estimate of drug-likeness (QED) is 0.871. The third-order valence-electron chi connectivity index (χ3n) is 4.08. The maximum atomic E-state index is 5.95. The summed E-state index contributed by atoms with van der Waals surface area (Å²) in [5, 5.41) is 0. The van der Waals surface area contributed by atoms with Crippen molar-refractivity contribution in [1.29, 1.82) is 0 Å². The van der Waals surface area contributed by atoms with Crippen LogP contribution in [0.2, 0.25) is 0 Å². The summed E-state index contributed by atoms with van der Waals surface area (Å²) in [5.41, 5.74) is 9.39. The lowest BCUT2D eigenvalue weighted by Gasteiger charge is -2.25. The van der Waals surface area contributed by atoms with E-state index in [1.807, 2.05) is 24.3 Å². The van der Waals surface area contributed by atoms with Crippen LogP contribution in [0, 0.1) is 0 Å². The zero-order valence-corrected chi connectivity index (χ0v) is 12.7. The molecule has 2 aromatic rings. The molecule has 0 heterocycles. The zero-order valence-electron chi connectivity index (χ0n) is 11.9. The minimum atomic E-state index is 0.419. The van der Waals surface area contributed by atoms with Crippen molar-refractivity contribution in [3.8, 4) is 5.75 Å². The normalized spacial score (nSPS) is 17.0. The van der Waals surface area contributed by atoms with Crippen LogP contribution in [0.15, 0.2) is 48.5 Å². The van der Waals surface area contributed by atoms with Crippen molar-refractivity contribution >= 4 is 17.2 Å². The molecule has 0 radical (unpaired) electrons. The minimum Gasteiger partial charge on any atom is -0.493 e. The lowest BCUT2D eigenvalue weighted by molar-refractivity contribution is 0.274. The van der Waals surface area contributed by atoms with E-state index >= 15 is 0 Å². The van der Waals surface area contributed by atoms with Gasteiger partial charge in [0.15, 0.2) is 0 Å². The van der Waals surface area contributed by atoms with Gasteiger partial charge in [-0.1, -0.05) is 36.5 Å². The highest BCUT2D eigenvalue weighted by Crippen LogP contribution is 2.31. The van der Waals surface area contributed by atoms with Crippen molar-refractivity contribution in [2.24, 2.45) is 5.73 Å². The predicted molar refractivity (Wildman–Crippen MR) is 89.9 cm³/mol. The van der Waals surface area contributed by atoms with Gasteiger partial charge in [-0.25, -0.2) is 0 Å². The lowest BCUT2D eigenvalue weighted by atomic mass is 9.83. The van der Waals surface area contributed by atoms with Gasteiger partial charge in [-0.05, 0) is 54.7 Å². The number of benzene rings is 2. The molecule has 0 fully saturated rings. The summed E-state index contributed by atoms with van der Waals surface area (Å²) in [7, 11) is 0. The second-order valence-electron chi connectivity index (χ2n) is 5.49. The average molecular weight is 297 g/mol. The Balaban J connectivity index is 1.67. The molecule has 1 atom stereocenters. The summed E-state index contributed by atoms with van der Waals surface area (Å²) in [6, 6.07) is 16.4. The van der Waals surface area contributed by atoms with Crippen LogP contribution in [0.25, 0.3) is 0 Å². The number of ether oxygens (including phenoxy) is 1. The summed E-state index contributed by atoms with van der Waals surface area (Å²) < 4.78 is 5.95. The van der Waals surface area contributed by atoms with Crippen molar-refractivity contribution in [1.82, 2.24) is 0 Å². The Hall–Kier alpha value is -1.87. The number of thiocarbonyl (C=S) groups is 1. The highest BCUT2D eigenvalue weighted by Gasteiger charge is 2.20. The van der Waals surface area contributed by atoms with Crippen molar-refractivity contribution in [3.05, 3.63) is 65.2 Å². The highest BCUT2D eigenvalue weighted by molar-refractivity contribution is 7.80. The van der Waals surface area contributed by atoms with Gasteiger partial charge in [0.05, 0.1) is 6.61 Å². The first-order chi connectivity index (χ1) is 10.2. The second kappa shape index (κ2) is 6.27. The number of rotatable bonds is 4. The van der Waals surface area contributed by atoms with Gasteiger partial charge >= 0.3 is 0 Å². The third kappa shape index (κ3) is 3.24. The lowest BCUT2D eigenvalue weighted by Crippen LogP contribution is -2.16. The van der Waals surface area contributed by atoms with Gasteiger partial charge in [0.25, 0.3) is 0 Å². The van der Waals surface area contributed by atoms with Crippen LogP contribution in [0.5, 0.6) is 5.75 Å². The van der Waals surface area contributed by atoms with Gasteiger partial charge in [0.2, 0.25) is 0 Å². The fourth-order valence-corrected chi connectivity index (χ4v) is 3.08. The Labute approximate surface area is 130 Å². The van der Waals surface area contributed by atoms with Crippen LogP contribution in [0.4, 0.5) is 0 Å². The Morgan fingerprint density at radius 3 is 2.67 bits per heavy atom. The molecule has 0 amide bonds. The molecule has 2 nitrogen and oxygen atoms in total. The number of hydrogen-bond acceptors (Lipinski definition) is 2. The van der Waals surface area contributed by atoms with Gasteiger partial charge in [-0.2, -0.15) is 0 Å². The topological polar surface area (TPSA) is 35.2 Å². The van der Waals surface area contributed by atoms with Crippen LogP contribution in [0.1, 0.15) is 35.4 Å². The number of hydrogen-bond donors (Lipinski definition) is 1. The van der Waals surface area contributed by atoms with E-state index in [9.17, 15) is 0 Å². The van der Waals surface area contributed by atoms with Crippen molar-refractivity contribution < 1.29 is 4.74 Å². The molecule has 0 saturated carbocycles. The van der Waals surface area contributed by atoms with E-state index < -0.39 is 0 Å². The van der Waals surface area contributed by atoms with Crippen LogP contribution in [-0.2, 0) is 6.42 Å². The number of nitrogens with two attached hydrogens (primary N) is 1. The Morgan fingerprint density at radius 2 is 1.90 bits per heavy atom. The van der Waals surface area contributed by atoms with Crippen LogP contribution < -0.4 is 10.5 Å². The van der Waals surface area contributed by atoms with Crippen molar-refractivity contribution in [3.63, 3.8) is 0 Å². The summed E-state index contributed by atoms with van der Waals surface area (Å²) >= 11 is 4.95. The molecule has 1 unspecified atom stereocenters. The molecule has 3 heteroatoms. The molecular weight excluding hydrogens is 278 g/mol. The maximum absolute atomic E-state index is 5.95. The Bertz CT molecular complexity index is 636. The predicted octanol–water partition coefficient (Wildman–Crippen LogP) is 3.82. The van der Waals surface area contributed by atoms with E-state index in [0.717, 1.165) is 17.9 Å². The zero-order chi connectivity index (χ0) is 14.7. The molecule has 0 saturated heterocycles. The van der Waals surface area contributed by atoms with Gasteiger partial charge in [-0.3, -0.25) is 0 Å². The Kier molecular flexibility index (Phi) is 4.20. The third-order valence-corrected chi connectivity index (χ3v) is 4.32. The molecule has 0 bridgehead atoms. The van der Waals surface area contributed by atoms with E-state index in [4.69, 9.17) is 22.7 Å². The highest BCUT2D eigenvalue weighted by atomic mass is 32.1.